The van der Waals surface area contributed by atoms with E-state index >= 15 is 0 Å². The quantitative estimate of drug-likeness (QED) is 0.799. The van der Waals surface area contributed by atoms with Crippen LogP contribution in [0.2, 0.25) is 0 Å². The average molecular weight is 206 g/mol. The lowest BCUT2D eigenvalue weighted by molar-refractivity contribution is 0.124. The average Bonchev–Trinajstić information content (AvgIpc) is 2.18. The van der Waals surface area contributed by atoms with Gasteiger partial charge in [-0.05, 0) is 19.1 Å². The highest BCUT2D eigenvalue weighted by Gasteiger charge is 2.21. The lowest BCUT2D eigenvalue weighted by Gasteiger charge is -2.36. The van der Waals surface area contributed by atoms with Gasteiger partial charge >= 0.3 is 0 Å². The van der Waals surface area contributed by atoms with Crippen molar-refractivity contribution in [3.63, 3.8) is 0 Å². The summed E-state index contributed by atoms with van der Waals surface area (Å²) in [4.78, 5) is 2.30. The third-order valence-electron chi connectivity index (χ3n) is 2.68. The predicted octanol–water partition coefficient (Wildman–Crippen LogP) is 1.02. The molecule has 2 rings (SSSR count). The Labute approximate surface area is 90.8 Å². The number of hydrogen-bond acceptors (Lipinski definition) is 3. The topological polar surface area (TPSA) is 38.5 Å². The zero-order valence-corrected chi connectivity index (χ0v) is 9.15. The molecule has 1 aliphatic rings. The smallest absolute Gasteiger partial charge is 0.119 e. The molecule has 0 aliphatic carbocycles. The summed E-state index contributed by atoms with van der Waals surface area (Å²) in [5.74, 6) is 0.949. The first-order chi connectivity index (χ1) is 7.24. The molecule has 3 heteroatoms. The van der Waals surface area contributed by atoms with E-state index in [1.165, 1.54) is 5.56 Å². The van der Waals surface area contributed by atoms with Crippen molar-refractivity contribution in [3.05, 3.63) is 29.8 Å². The van der Waals surface area contributed by atoms with Crippen LogP contribution in [0.15, 0.2) is 24.3 Å². The van der Waals surface area contributed by atoms with Crippen LogP contribution < -0.4 is 10.5 Å². The third kappa shape index (κ3) is 2.94. The molecule has 1 aromatic rings. The summed E-state index contributed by atoms with van der Waals surface area (Å²) < 4.78 is 5.62. The number of aryl methyl sites for hydroxylation is 1. The fourth-order valence-corrected chi connectivity index (χ4v) is 1.72. The first kappa shape index (κ1) is 10.5. The Bertz CT molecular complexity index is 304. The Balaban J connectivity index is 1.67. The predicted molar refractivity (Wildman–Crippen MR) is 61.1 cm³/mol. The van der Waals surface area contributed by atoms with Gasteiger partial charge in [-0.15, -0.1) is 0 Å². The maximum atomic E-state index is 5.69. The van der Waals surface area contributed by atoms with Crippen molar-refractivity contribution in [2.75, 3.05) is 26.2 Å². The Morgan fingerprint density at radius 2 is 2.00 bits per heavy atom. The van der Waals surface area contributed by atoms with Crippen LogP contribution in [0.3, 0.4) is 0 Å². The summed E-state index contributed by atoms with van der Waals surface area (Å²) in [5.41, 5.74) is 6.95. The van der Waals surface area contributed by atoms with Gasteiger partial charge in [0.15, 0.2) is 0 Å². The number of rotatable bonds is 4. The number of ether oxygens (including phenoxy) is 1. The number of nitrogens with zero attached hydrogens (tertiary/aromatic N) is 1. The molecule has 0 radical (unpaired) electrons. The lowest BCUT2D eigenvalue weighted by Crippen LogP contribution is -2.56. The molecule has 1 heterocycles. The molecule has 1 saturated heterocycles. The second-order valence-corrected chi connectivity index (χ2v) is 4.18. The van der Waals surface area contributed by atoms with Gasteiger partial charge in [-0.1, -0.05) is 17.7 Å². The SMILES string of the molecule is Cc1ccc(OCCN2CC(N)C2)cc1. The van der Waals surface area contributed by atoms with Crippen molar-refractivity contribution < 1.29 is 4.74 Å². The van der Waals surface area contributed by atoms with E-state index in [9.17, 15) is 0 Å². The molecule has 1 aromatic carbocycles. The molecule has 82 valence electrons. The Morgan fingerprint density at radius 3 is 2.60 bits per heavy atom. The molecule has 0 atom stereocenters. The molecule has 0 aromatic heterocycles. The van der Waals surface area contributed by atoms with Crippen LogP contribution in [0.1, 0.15) is 5.56 Å². The van der Waals surface area contributed by atoms with Crippen LogP contribution in [0.25, 0.3) is 0 Å². The summed E-state index contributed by atoms with van der Waals surface area (Å²) in [6.07, 6.45) is 0. The highest BCUT2D eigenvalue weighted by molar-refractivity contribution is 5.26. The van der Waals surface area contributed by atoms with Crippen LogP contribution in [0, 0.1) is 6.92 Å². The van der Waals surface area contributed by atoms with Crippen LogP contribution >= 0.6 is 0 Å². The molecule has 3 nitrogen and oxygen atoms in total. The Hall–Kier alpha value is -1.06. The normalized spacial score (nSPS) is 17.5. The molecule has 0 unspecified atom stereocenters. The van der Waals surface area contributed by atoms with Crippen molar-refractivity contribution >= 4 is 0 Å². The van der Waals surface area contributed by atoms with E-state index < -0.39 is 0 Å². The van der Waals surface area contributed by atoms with Gasteiger partial charge in [0.25, 0.3) is 0 Å². The first-order valence-electron chi connectivity index (χ1n) is 5.41. The number of likely N-dealkylation sites (tertiary alicyclic amines) is 1. The van der Waals surface area contributed by atoms with Crippen LogP contribution in [0.4, 0.5) is 0 Å². The van der Waals surface area contributed by atoms with Gasteiger partial charge in [-0.2, -0.15) is 0 Å². The van der Waals surface area contributed by atoms with E-state index in [-0.39, 0.29) is 0 Å². The van der Waals surface area contributed by atoms with E-state index in [1.54, 1.807) is 0 Å². The van der Waals surface area contributed by atoms with Gasteiger partial charge in [-0.25, -0.2) is 0 Å². The molecular formula is C12H18N2O. The van der Waals surface area contributed by atoms with Crippen molar-refractivity contribution in [1.29, 1.82) is 0 Å². The summed E-state index contributed by atoms with van der Waals surface area (Å²) >= 11 is 0. The van der Waals surface area contributed by atoms with Gasteiger partial charge in [0.1, 0.15) is 12.4 Å². The van der Waals surface area contributed by atoms with E-state index in [4.69, 9.17) is 10.5 Å². The van der Waals surface area contributed by atoms with E-state index in [2.05, 4.69) is 24.0 Å². The molecule has 0 spiro atoms. The summed E-state index contributed by atoms with van der Waals surface area (Å²) in [6, 6.07) is 8.53. The van der Waals surface area contributed by atoms with Crippen LogP contribution in [-0.2, 0) is 0 Å². The number of nitrogens with two attached hydrogens (primary N) is 1. The van der Waals surface area contributed by atoms with Gasteiger partial charge in [0.05, 0.1) is 0 Å². The van der Waals surface area contributed by atoms with Gasteiger partial charge in [0.2, 0.25) is 0 Å². The highest BCUT2D eigenvalue weighted by atomic mass is 16.5. The standard InChI is InChI=1S/C12H18N2O/c1-10-2-4-12(5-3-10)15-7-6-14-8-11(13)9-14/h2-5,11H,6-9,13H2,1H3. The fraction of sp³-hybridized carbons (Fsp3) is 0.500. The zero-order chi connectivity index (χ0) is 10.7. The fourth-order valence-electron chi connectivity index (χ4n) is 1.72. The van der Waals surface area contributed by atoms with Crippen molar-refractivity contribution in [2.45, 2.75) is 13.0 Å². The van der Waals surface area contributed by atoms with E-state index in [0.717, 1.165) is 32.0 Å². The van der Waals surface area contributed by atoms with Crippen molar-refractivity contribution in [3.8, 4) is 5.75 Å². The first-order valence-corrected chi connectivity index (χ1v) is 5.41. The molecule has 15 heavy (non-hydrogen) atoms. The second kappa shape index (κ2) is 4.64. The largest absolute Gasteiger partial charge is 0.492 e. The highest BCUT2D eigenvalue weighted by Crippen LogP contribution is 2.11. The zero-order valence-electron chi connectivity index (χ0n) is 9.15. The summed E-state index contributed by atoms with van der Waals surface area (Å²) in [6.45, 7) is 5.82. The minimum atomic E-state index is 0.379. The molecule has 2 N–H and O–H groups in total. The molecule has 1 aliphatic heterocycles. The van der Waals surface area contributed by atoms with E-state index in [1.807, 2.05) is 12.1 Å². The Morgan fingerprint density at radius 1 is 1.33 bits per heavy atom. The van der Waals surface area contributed by atoms with Crippen LogP contribution in [-0.4, -0.2) is 37.2 Å². The summed E-state index contributed by atoms with van der Waals surface area (Å²) in [7, 11) is 0. The van der Waals surface area contributed by atoms with Gasteiger partial charge < -0.3 is 10.5 Å². The van der Waals surface area contributed by atoms with E-state index in [0.29, 0.717) is 6.04 Å². The van der Waals surface area contributed by atoms with Crippen molar-refractivity contribution in [1.82, 2.24) is 4.90 Å². The number of hydrogen-bond donors (Lipinski definition) is 1. The summed E-state index contributed by atoms with van der Waals surface area (Å²) in [5, 5.41) is 0. The molecule has 0 amide bonds. The molecular weight excluding hydrogens is 188 g/mol. The van der Waals surface area contributed by atoms with Gasteiger partial charge in [-0.3, -0.25) is 4.90 Å². The molecule has 1 fully saturated rings. The minimum absolute atomic E-state index is 0.379. The maximum Gasteiger partial charge on any atom is 0.119 e. The van der Waals surface area contributed by atoms with Crippen LogP contribution in [0.5, 0.6) is 5.75 Å². The van der Waals surface area contributed by atoms with Crippen molar-refractivity contribution in [2.24, 2.45) is 5.73 Å². The third-order valence-corrected chi connectivity index (χ3v) is 2.68. The lowest BCUT2D eigenvalue weighted by atomic mass is 10.1. The Kier molecular flexibility index (Phi) is 3.23. The maximum absolute atomic E-state index is 5.69. The minimum Gasteiger partial charge on any atom is -0.492 e. The molecule has 0 saturated carbocycles. The second-order valence-electron chi connectivity index (χ2n) is 4.18. The van der Waals surface area contributed by atoms with Gasteiger partial charge in [0, 0.05) is 25.7 Å². The monoisotopic (exact) mass is 206 g/mol. The molecule has 0 bridgehead atoms. The number of benzene rings is 1.